The Balaban J connectivity index is 1.99. The van der Waals surface area contributed by atoms with Gasteiger partial charge >= 0.3 is 0 Å². The van der Waals surface area contributed by atoms with Gasteiger partial charge < -0.3 is 15.3 Å². The first kappa shape index (κ1) is 17.0. The largest absolute Gasteiger partial charge is 0.511 e. The van der Waals surface area contributed by atoms with Crippen molar-refractivity contribution in [2.45, 2.75) is 19.4 Å². The van der Waals surface area contributed by atoms with E-state index in [-0.39, 0.29) is 34.6 Å². The second kappa shape index (κ2) is 5.77. The Kier molecular flexibility index (Phi) is 3.62. The maximum absolute atomic E-state index is 12.2. The number of Topliss-reactive ketones (excluding diaryl/α,β-unsaturated/α-hetero) is 2. The van der Waals surface area contributed by atoms with Gasteiger partial charge in [0.05, 0.1) is 11.5 Å². The monoisotopic (exact) mass is 365 g/mol. The van der Waals surface area contributed by atoms with Crippen LogP contribution in [0.5, 0.6) is 5.75 Å². The van der Waals surface area contributed by atoms with Crippen LogP contribution >= 0.6 is 0 Å². The third kappa shape index (κ3) is 2.28. The number of allylic oxidation sites excluding steroid dienone is 3. The Labute approximate surface area is 153 Å². The number of aliphatic hydroxyl groups is 2. The molecule has 2 atom stereocenters. The molecule has 3 N–H and O–H groups in total. The summed E-state index contributed by atoms with van der Waals surface area (Å²) in [5.41, 5.74) is 1.40. The molecule has 1 aromatic rings. The fourth-order valence-electron chi connectivity index (χ4n) is 4.08. The van der Waals surface area contributed by atoms with E-state index in [0.717, 1.165) is 6.92 Å². The quantitative estimate of drug-likeness (QED) is 0.545. The zero-order valence-corrected chi connectivity index (χ0v) is 14.3. The van der Waals surface area contributed by atoms with Crippen LogP contribution in [0.1, 0.15) is 30.5 Å². The molecule has 27 heavy (non-hydrogen) atoms. The van der Waals surface area contributed by atoms with Crippen molar-refractivity contribution in [3.05, 3.63) is 74.1 Å². The molecule has 4 rings (SSSR count). The molecule has 7 heteroatoms. The molecule has 0 radical (unpaired) electrons. The number of carbonyl (C=O) groups is 2. The van der Waals surface area contributed by atoms with Gasteiger partial charge in [-0.15, -0.1) is 0 Å². The second-order valence-corrected chi connectivity index (χ2v) is 6.76. The van der Waals surface area contributed by atoms with Crippen molar-refractivity contribution >= 4 is 17.6 Å². The van der Waals surface area contributed by atoms with E-state index < -0.39 is 29.3 Å². The molecule has 1 aromatic carbocycles. The Morgan fingerprint density at radius 2 is 1.93 bits per heavy atom. The molecule has 0 aliphatic heterocycles. The minimum absolute atomic E-state index is 0.0190. The molecule has 0 fully saturated rings. The number of nitroso groups, excluding NO2 is 1. The number of fused-ring (bicyclic) bond motifs is 3. The molecule has 3 aliphatic rings. The topological polar surface area (TPSA) is 124 Å². The van der Waals surface area contributed by atoms with Crippen LogP contribution < -0.4 is 0 Å². The Hall–Kier alpha value is -3.48. The highest BCUT2D eigenvalue weighted by atomic mass is 16.3. The average molecular weight is 365 g/mol. The number of aromatic hydroxyl groups is 1. The summed E-state index contributed by atoms with van der Waals surface area (Å²) in [4.78, 5) is 35.6. The van der Waals surface area contributed by atoms with Gasteiger partial charge in [-0.05, 0) is 29.7 Å². The number of rotatable bonds is 2. The minimum atomic E-state index is -1.11. The van der Waals surface area contributed by atoms with Crippen LogP contribution in [-0.2, 0) is 9.59 Å². The smallest absolute Gasteiger partial charge is 0.174 e. The van der Waals surface area contributed by atoms with Crippen LogP contribution in [0.25, 0.3) is 6.08 Å². The number of nitrogens with zero attached hydrogens (tertiary/aromatic N) is 1. The molecule has 0 heterocycles. The summed E-state index contributed by atoms with van der Waals surface area (Å²) < 4.78 is 0. The molecule has 0 saturated heterocycles. The molecule has 0 spiro atoms. The number of benzene rings is 1. The van der Waals surface area contributed by atoms with Crippen LogP contribution in [-0.4, -0.2) is 26.9 Å². The molecule has 3 aliphatic carbocycles. The highest BCUT2D eigenvalue weighted by Crippen LogP contribution is 2.51. The van der Waals surface area contributed by atoms with Crippen molar-refractivity contribution in [3.8, 4) is 5.75 Å². The summed E-state index contributed by atoms with van der Waals surface area (Å²) in [6, 6.07) is 3.65. The summed E-state index contributed by atoms with van der Waals surface area (Å²) in [6.45, 7) is 1.16. The van der Waals surface area contributed by atoms with Gasteiger partial charge in [-0.2, -0.15) is 4.91 Å². The Morgan fingerprint density at radius 1 is 1.19 bits per heavy atom. The third-order valence-corrected chi connectivity index (χ3v) is 5.19. The molecule has 7 nitrogen and oxygen atoms in total. The maximum Gasteiger partial charge on any atom is 0.174 e. The van der Waals surface area contributed by atoms with Crippen molar-refractivity contribution in [1.82, 2.24) is 0 Å². The summed E-state index contributed by atoms with van der Waals surface area (Å²) >= 11 is 0. The summed E-state index contributed by atoms with van der Waals surface area (Å²) in [5.74, 6) is -3.11. The SMILES string of the molecule is CC(=O)C1=C(O)C2=C(O)C3C(=Cc4cccc(O)c4C3N=O)C=C2CC1=O. The molecule has 0 amide bonds. The van der Waals surface area contributed by atoms with Gasteiger partial charge in [0, 0.05) is 12.0 Å². The lowest BCUT2D eigenvalue weighted by Gasteiger charge is -2.35. The average Bonchev–Trinajstić information content (AvgIpc) is 2.59. The Morgan fingerprint density at radius 3 is 2.59 bits per heavy atom. The van der Waals surface area contributed by atoms with Crippen LogP contribution in [0.3, 0.4) is 0 Å². The van der Waals surface area contributed by atoms with Gasteiger partial charge in [-0.3, -0.25) is 9.59 Å². The zero-order chi connectivity index (χ0) is 19.5. The molecule has 2 unspecified atom stereocenters. The van der Waals surface area contributed by atoms with E-state index >= 15 is 0 Å². The summed E-state index contributed by atoms with van der Waals surface area (Å²) in [7, 11) is 0. The van der Waals surface area contributed by atoms with Crippen molar-refractivity contribution in [3.63, 3.8) is 0 Å². The van der Waals surface area contributed by atoms with E-state index in [0.29, 0.717) is 16.7 Å². The number of carbonyl (C=O) groups excluding carboxylic acids is 2. The van der Waals surface area contributed by atoms with E-state index in [1.807, 2.05) is 0 Å². The van der Waals surface area contributed by atoms with E-state index in [1.165, 1.54) is 6.07 Å². The van der Waals surface area contributed by atoms with Crippen molar-refractivity contribution < 1.29 is 24.9 Å². The van der Waals surface area contributed by atoms with Gasteiger partial charge in [-0.25, -0.2) is 0 Å². The molecule has 0 bridgehead atoms. The van der Waals surface area contributed by atoms with Gasteiger partial charge in [0.1, 0.15) is 28.9 Å². The number of phenolic OH excluding ortho intramolecular Hbond substituents is 1. The molecule has 0 aromatic heterocycles. The highest BCUT2D eigenvalue weighted by molar-refractivity contribution is 6.22. The zero-order valence-electron chi connectivity index (χ0n) is 14.3. The first-order valence-corrected chi connectivity index (χ1v) is 8.33. The predicted molar refractivity (Wildman–Crippen MR) is 95.8 cm³/mol. The van der Waals surface area contributed by atoms with Crippen LogP contribution in [0.15, 0.2) is 63.3 Å². The normalized spacial score (nSPS) is 23.8. The van der Waals surface area contributed by atoms with Crippen LogP contribution in [0.2, 0.25) is 0 Å². The number of aliphatic hydroxyl groups excluding tert-OH is 2. The van der Waals surface area contributed by atoms with E-state index in [1.54, 1.807) is 24.3 Å². The fourth-order valence-corrected chi connectivity index (χ4v) is 4.08. The lowest BCUT2D eigenvalue weighted by Crippen LogP contribution is -2.29. The lowest BCUT2D eigenvalue weighted by atomic mass is 9.70. The third-order valence-electron chi connectivity index (χ3n) is 5.19. The molecular formula is C20H15NO6. The fraction of sp³-hybridized carbons (Fsp3) is 0.200. The van der Waals surface area contributed by atoms with Gasteiger partial charge in [0.25, 0.3) is 0 Å². The number of ketones is 2. The maximum atomic E-state index is 12.2. The van der Waals surface area contributed by atoms with E-state index in [9.17, 15) is 29.8 Å². The predicted octanol–water partition coefficient (Wildman–Crippen LogP) is 3.34. The Bertz CT molecular complexity index is 1060. The van der Waals surface area contributed by atoms with Gasteiger partial charge in [-0.1, -0.05) is 29.5 Å². The standard InChI is InChI=1S/C20H15NO6/c1-8(22)14-13(24)7-11-6-10-5-9-3-2-4-12(23)15(9)18(21-27)16(10)20(26)17(11)19(14)25/h2-6,16,18,23,25-26H,7H2,1H3. The van der Waals surface area contributed by atoms with Crippen LogP contribution in [0, 0.1) is 10.8 Å². The van der Waals surface area contributed by atoms with Crippen molar-refractivity contribution in [1.29, 1.82) is 0 Å². The first-order chi connectivity index (χ1) is 12.8. The second-order valence-electron chi connectivity index (χ2n) is 6.76. The molecular weight excluding hydrogens is 350 g/mol. The van der Waals surface area contributed by atoms with E-state index in [2.05, 4.69) is 5.18 Å². The minimum Gasteiger partial charge on any atom is -0.511 e. The van der Waals surface area contributed by atoms with Gasteiger partial charge in [0.15, 0.2) is 11.6 Å². The molecule has 0 saturated carbocycles. The van der Waals surface area contributed by atoms with E-state index in [4.69, 9.17) is 0 Å². The lowest BCUT2D eigenvalue weighted by molar-refractivity contribution is -0.120. The molecule has 136 valence electrons. The van der Waals surface area contributed by atoms with Crippen molar-refractivity contribution in [2.24, 2.45) is 11.1 Å². The number of hydrogen-bond donors (Lipinski definition) is 3. The highest BCUT2D eigenvalue weighted by Gasteiger charge is 2.44. The first-order valence-electron chi connectivity index (χ1n) is 8.33. The summed E-state index contributed by atoms with van der Waals surface area (Å²) in [6.07, 6.45) is 3.18. The van der Waals surface area contributed by atoms with Crippen LogP contribution in [0.4, 0.5) is 0 Å². The van der Waals surface area contributed by atoms with Gasteiger partial charge in [0.2, 0.25) is 0 Å². The number of phenols is 1. The van der Waals surface area contributed by atoms with Crippen molar-refractivity contribution in [2.75, 3.05) is 0 Å². The summed E-state index contributed by atoms with van der Waals surface area (Å²) in [5, 5.41) is 34.6. The number of hydrogen-bond acceptors (Lipinski definition) is 7.